The van der Waals surface area contributed by atoms with E-state index in [1.54, 1.807) is 0 Å². The van der Waals surface area contributed by atoms with Gasteiger partial charge in [-0.1, -0.05) is 38.2 Å². The maximum absolute atomic E-state index is 2.36. The molecule has 34 heavy (non-hydrogen) atoms. The largest absolute Gasteiger partial charge is 0.140 e. The molecule has 150 valence electrons. The Kier molecular flexibility index (Phi) is 6.32. The van der Waals surface area contributed by atoms with Gasteiger partial charge in [-0.3, -0.25) is 0 Å². The maximum Gasteiger partial charge on any atom is 0.140 e. The Morgan fingerprint density at radius 2 is 0.412 bits per heavy atom. The highest BCUT2D eigenvalue weighted by Gasteiger charge is 2.24. The van der Waals surface area contributed by atoms with Crippen LogP contribution in [0.15, 0.2) is 0 Å². The summed E-state index contributed by atoms with van der Waals surface area (Å²) in [5.74, 6) is 0. The van der Waals surface area contributed by atoms with Crippen molar-refractivity contribution in [1.82, 2.24) is 0 Å². The van der Waals surface area contributed by atoms with E-state index < -0.39 is 0 Å². The second-order valence-electron chi connectivity index (χ2n) is 11.0. The molecule has 0 aliphatic carbocycles. The maximum atomic E-state index is 2.36. The van der Waals surface area contributed by atoms with Crippen molar-refractivity contribution in [3.05, 3.63) is 0 Å². The quantitative estimate of drug-likeness (QED) is 0.212. The zero-order chi connectivity index (χ0) is 25.5. The van der Waals surface area contributed by atoms with Crippen LogP contribution in [0.2, 0.25) is 0 Å². The van der Waals surface area contributed by atoms with Crippen molar-refractivity contribution < 1.29 is 0 Å². The number of benzene rings is 4. The second-order valence-corrected chi connectivity index (χ2v) is 11.0. The average Bonchev–Trinajstić information content (AvgIpc) is 2.81. The van der Waals surface area contributed by atoms with E-state index in [1.807, 2.05) is 0 Å². The van der Waals surface area contributed by atoms with Crippen molar-refractivity contribution in [2.75, 3.05) is 0 Å². The molecular weight excluding hydrogens is 392 g/mol. The average molecular weight is 420 g/mol. The lowest BCUT2D eigenvalue weighted by molar-refractivity contribution is 1.90. The van der Waals surface area contributed by atoms with Crippen LogP contribution in [-0.2, 0) is 0 Å². The van der Waals surface area contributed by atoms with Gasteiger partial charge in [-0.15, -0.1) is 38.2 Å². The number of fused-ring (bicyclic) bond motifs is 2. The van der Waals surface area contributed by atoms with Gasteiger partial charge in [-0.05, 0) is 32.7 Å². The molecular formula is C20H28B14. The molecule has 0 bridgehead atoms. The van der Waals surface area contributed by atoms with Crippen LogP contribution in [0.3, 0.4) is 0 Å². The summed E-state index contributed by atoms with van der Waals surface area (Å²) in [5, 5.41) is 5.85. The minimum absolute atomic E-state index is 1.43. The Labute approximate surface area is 218 Å². The predicted molar refractivity (Wildman–Crippen MR) is 201 cm³/mol. The zero-order valence-corrected chi connectivity index (χ0v) is 24.0. The van der Waals surface area contributed by atoms with E-state index in [0.29, 0.717) is 0 Å². The first kappa shape index (κ1) is 25.4. The minimum Gasteiger partial charge on any atom is -0.102 e. The molecule has 4 rings (SSSR count). The Morgan fingerprint density at radius 1 is 0.176 bits per heavy atom. The predicted octanol–water partition coefficient (Wildman–Crippen LogP) is -18.7. The van der Waals surface area contributed by atoms with Crippen LogP contribution in [0.4, 0.5) is 0 Å². The summed E-state index contributed by atoms with van der Waals surface area (Å²) in [6.07, 6.45) is 0. The molecule has 0 fully saturated rings. The fraction of sp³-hybridized carbons (Fsp3) is 0. The van der Waals surface area contributed by atoms with E-state index in [9.17, 15) is 0 Å². The Bertz CT molecular complexity index is 1480. The van der Waals surface area contributed by atoms with Crippen LogP contribution >= 0.6 is 0 Å². The normalized spacial score (nSPS) is 11.4. The van der Waals surface area contributed by atoms with Crippen molar-refractivity contribution in [1.29, 1.82) is 0 Å². The molecule has 0 saturated heterocycles. The van der Waals surface area contributed by atoms with Crippen molar-refractivity contribution in [3.63, 3.8) is 0 Å². The summed E-state index contributed by atoms with van der Waals surface area (Å²) in [5.41, 5.74) is 23.0. The topological polar surface area (TPSA) is 0 Å². The summed E-state index contributed by atoms with van der Waals surface area (Å²) < 4.78 is 0. The number of rotatable bonds is 1. The lowest BCUT2D eigenvalue weighted by Gasteiger charge is -2.29. The highest BCUT2D eigenvalue weighted by Crippen LogP contribution is 2.29. The fourth-order valence-corrected chi connectivity index (χ4v) is 6.56. The molecule has 0 atom stereocenters. The van der Waals surface area contributed by atoms with Gasteiger partial charge in [0.05, 0.1) is 0 Å². The Balaban J connectivity index is 2.55. The first-order valence-corrected chi connectivity index (χ1v) is 12.8. The molecule has 0 N–H and O–H groups in total. The molecule has 14 heteroatoms. The molecule has 0 radical (unpaired) electrons. The zero-order valence-electron chi connectivity index (χ0n) is 24.0. The van der Waals surface area contributed by atoms with Gasteiger partial charge < -0.3 is 0 Å². The summed E-state index contributed by atoms with van der Waals surface area (Å²) in [6, 6.07) is 0. The molecule has 0 aromatic heterocycles. The summed E-state index contributed by atoms with van der Waals surface area (Å²) in [7, 11) is 32.5. The van der Waals surface area contributed by atoms with E-state index >= 15 is 0 Å². The highest BCUT2D eigenvalue weighted by atomic mass is 14.2. The van der Waals surface area contributed by atoms with Crippen LogP contribution in [0.5, 0.6) is 0 Å². The monoisotopic (exact) mass is 422 g/mol. The molecule has 0 spiro atoms. The number of hydrogen-bond acceptors (Lipinski definition) is 0. The molecule has 4 aromatic rings. The minimum atomic E-state index is 1.43. The first-order valence-electron chi connectivity index (χ1n) is 12.8. The van der Waals surface area contributed by atoms with E-state index in [1.165, 1.54) is 109 Å². The van der Waals surface area contributed by atoms with Gasteiger partial charge >= 0.3 is 0 Å². The standard InChI is InChI=1S/C20H28B14/c21-7-5-2(8(22)14(28)16(30)12(5)26)1(3-6(7)13(27)17(31)15(29)9(3)23)4-10(24)18(32)20(34)19(33)11(4)25/h21-34H2. The van der Waals surface area contributed by atoms with Crippen LogP contribution in [0.25, 0.3) is 32.7 Å². The van der Waals surface area contributed by atoms with Crippen molar-refractivity contribution in [2.45, 2.75) is 0 Å². The lowest BCUT2D eigenvalue weighted by Crippen LogP contribution is -2.56. The van der Waals surface area contributed by atoms with E-state index in [4.69, 9.17) is 0 Å². The summed E-state index contributed by atoms with van der Waals surface area (Å²) in [4.78, 5) is 0. The fourth-order valence-electron chi connectivity index (χ4n) is 6.56. The Hall–Kier alpha value is -1.69. The van der Waals surface area contributed by atoms with Gasteiger partial charge in [-0.25, -0.2) is 0 Å². The third-order valence-corrected chi connectivity index (χ3v) is 9.88. The molecule has 0 saturated carbocycles. The molecule has 0 nitrogen and oxygen atoms in total. The molecule has 0 unspecified atom stereocenters. The molecule has 0 heterocycles. The van der Waals surface area contributed by atoms with E-state index in [-0.39, 0.29) is 0 Å². The van der Waals surface area contributed by atoms with Crippen molar-refractivity contribution in [3.8, 4) is 11.1 Å². The third kappa shape index (κ3) is 3.19. The van der Waals surface area contributed by atoms with Crippen molar-refractivity contribution in [2.24, 2.45) is 0 Å². The van der Waals surface area contributed by atoms with Crippen LogP contribution < -0.4 is 76.5 Å². The molecule has 4 aromatic carbocycles. The first-order chi connectivity index (χ1) is 15.7. The highest BCUT2D eigenvalue weighted by molar-refractivity contribution is 6.75. The van der Waals surface area contributed by atoms with Crippen LogP contribution in [0.1, 0.15) is 0 Å². The van der Waals surface area contributed by atoms with Crippen molar-refractivity contribution >= 4 is 208 Å². The SMILES string of the molecule is Bc1c(B)c(B)c(-c2c3c(B)c(B)c(B)c(B)c3c(B)c3c(B)c(B)c(B)c(B)c23)c(B)c1B. The summed E-state index contributed by atoms with van der Waals surface area (Å²) in [6.45, 7) is 0. The molecule has 0 aliphatic rings. The van der Waals surface area contributed by atoms with Gasteiger partial charge in [0.15, 0.2) is 0 Å². The van der Waals surface area contributed by atoms with Crippen LogP contribution in [0, 0.1) is 0 Å². The van der Waals surface area contributed by atoms with E-state index in [2.05, 4.69) is 110 Å². The molecule has 0 amide bonds. The second kappa shape index (κ2) is 8.46. The molecule has 0 aliphatic heterocycles. The smallest absolute Gasteiger partial charge is 0.102 e. The third-order valence-electron chi connectivity index (χ3n) is 9.88. The van der Waals surface area contributed by atoms with E-state index in [0.717, 1.165) is 0 Å². The van der Waals surface area contributed by atoms with Gasteiger partial charge in [0.2, 0.25) is 0 Å². The van der Waals surface area contributed by atoms with Gasteiger partial charge in [0, 0.05) is 0 Å². The Morgan fingerprint density at radius 3 is 0.735 bits per heavy atom. The van der Waals surface area contributed by atoms with Gasteiger partial charge in [0.25, 0.3) is 0 Å². The lowest BCUT2D eigenvalue weighted by atomic mass is 9.56. The van der Waals surface area contributed by atoms with Crippen LogP contribution in [-0.4, -0.2) is 110 Å². The van der Waals surface area contributed by atoms with Gasteiger partial charge in [0.1, 0.15) is 110 Å². The van der Waals surface area contributed by atoms with Gasteiger partial charge in [-0.2, -0.15) is 0 Å². The summed E-state index contributed by atoms with van der Waals surface area (Å²) >= 11 is 0. The number of hydrogen-bond donors (Lipinski definition) is 0.